The van der Waals surface area contributed by atoms with E-state index in [0.29, 0.717) is 12.3 Å². The molecule has 2 heterocycles. The van der Waals surface area contributed by atoms with E-state index in [2.05, 4.69) is 17.0 Å². The molecule has 0 saturated heterocycles. The fourth-order valence-electron chi connectivity index (χ4n) is 3.69. The topological polar surface area (TPSA) is 89.3 Å². The summed E-state index contributed by atoms with van der Waals surface area (Å²) in [5, 5.41) is 0. The van der Waals surface area contributed by atoms with Gasteiger partial charge in [-0.25, -0.2) is 8.42 Å². The minimum atomic E-state index is -3.82. The standard InChI is InChI=1S/C24H26N2O6S/c1-30-12-11-26(33(28,29)22-9-3-2-4-10-22)18-32-24-17-31-21(13-23(24)27)16-25-14-19-7-5-6-8-20(19)15-25/h2-10,13,17H,11-12,14-16,18H2,1H3. The molecule has 9 heteroatoms. The Morgan fingerprint density at radius 1 is 1.03 bits per heavy atom. The van der Waals surface area contributed by atoms with Crippen molar-refractivity contribution in [2.75, 3.05) is 27.0 Å². The van der Waals surface area contributed by atoms with Gasteiger partial charge in [0.25, 0.3) is 0 Å². The first-order chi connectivity index (χ1) is 16.0. The average molecular weight is 471 g/mol. The third kappa shape index (κ3) is 5.51. The van der Waals surface area contributed by atoms with Gasteiger partial charge in [0.2, 0.25) is 21.2 Å². The predicted octanol–water partition coefficient (Wildman–Crippen LogP) is 2.83. The molecule has 0 N–H and O–H groups in total. The normalized spacial score (nSPS) is 13.9. The first-order valence-corrected chi connectivity index (χ1v) is 12.0. The molecule has 0 fully saturated rings. The average Bonchev–Trinajstić information content (AvgIpc) is 3.23. The molecule has 0 radical (unpaired) electrons. The van der Waals surface area contributed by atoms with Crippen molar-refractivity contribution in [3.8, 4) is 5.75 Å². The third-order valence-electron chi connectivity index (χ3n) is 5.43. The Kier molecular flexibility index (Phi) is 7.24. The highest BCUT2D eigenvalue weighted by atomic mass is 32.2. The molecule has 0 amide bonds. The molecule has 0 unspecified atom stereocenters. The predicted molar refractivity (Wildman–Crippen MR) is 122 cm³/mol. The first kappa shape index (κ1) is 23.2. The Bertz CT molecular complexity index is 1220. The number of rotatable bonds is 10. The summed E-state index contributed by atoms with van der Waals surface area (Å²) in [5.74, 6) is 0.474. The second-order valence-electron chi connectivity index (χ2n) is 7.75. The van der Waals surface area contributed by atoms with E-state index in [0.717, 1.165) is 17.4 Å². The van der Waals surface area contributed by atoms with E-state index in [1.54, 1.807) is 18.2 Å². The van der Waals surface area contributed by atoms with Crippen molar-refractivity contribution >= 4 is 10.0 Å². The van der Waals surface area contributed by atoms with Crippen molar-refractivity contribution in [2.24, 2.45) is 0 Å². The number of sulfonamides is 1. The number of fused-ring (bicyclic) bond motifs is 1. The maximum atomic E-state index is 13.0. The molecule has 33 heavy (non-hydrogen) atoms. The molecule has 1 aromatic heterocycles. The lowest BCUT2D eigenvalue weighted by Crippen LogP contribution is -2.37. The van der Waals surface area contributed by atoms with Crippen molar-refractivity contribution in [3.05, 3.63) is 94.0 Å². The Morgan fingerprint density at radius 2 is 1.70 bits per heavy atom. The van der Waals surface area contributed by atoms with Crippen LogP contribution in [-0.4, -0.2) is 44.6 Å². The van der Waals surface area contributed by atoms with Gasteiger partial charge in [0.1, 0.15) is 12.0 Å². The highest BCUT2D eigenvalue weighted by Gasteiger charge is 2.25. The maximum Gasteiger partial charge on any atom is 0.245 e. The lowest BCUT2D eigenvalue weighted by molar-refractivity contribution is 0.138. The summed E-state index contributed by atoms with van der Waals surface area (Å²) in [4.78, 5) is 14.9. The minimum absolute atomic E-state index is 0.0471. The molecule has 0 atom stereocenters. The van der Waals surface area contributed by atoms with Crippen LogP contribution < -0.4 is 10.2 Å². The molecule has 0 bridgehead atoms. The van der Waals surface area contributed by atoms with Gasteiger partial charge in [0.05, 0.1) is 18.0 Å². The van der Waals surface area contributed by atoms with E-state index >= 15 is 0 Å². The quantitative estimate of drug-likeness (QED) is 0.421. The number of hydrogen-bond donors (Lipinski definition) is 0. The summed E-state index contributed by atoms with van der Waals surface area (Å²) in [6.45, 7) is 2.00. The largest absolute Gasteiger partial charge is 0.470 e. The fourth-order valence-corrected chi connectivity index (χ4v) is 5.00. The van der Waals surface area contributed by atoms with Gasteiger partial charge in [-0.1, -0.05) is 42.5 Å². The second kappa shape index (κ2) is 10.3. The smallest absolute Gasteiger partial charge is 0.245 e. The Balaban J connectivity index is 1.42. The van der Waals surface area contributed by atoms with E-state index in [1.165, 1.54) is 42.7 Å². The van der Waals surface area contributed by atoms with Crippen LogP contribution in [-0.2, 0) is 34.4 Å². The van der Waals surface area contributed by atoms with Crippen molar-refractivity contribution in [1.29, 1.82) is 0 Å². The van der Waals surface area contributed by atoms with Crippen LogP contribution >= 0.6 is 0 Å². The first-order valence-electron chi connectivity index (χ1n) is 10.5. The van der Waals surface area contributed by atoms with Gasteiger partial charge in [-0.15, -0.1) is 0 Å². The molecule has 3 aromatic rings. The maximum absolute atomic E-state index is 13.0. The van der Waals surface area contributed by atoms with Gasteiger partial charge in [-0.3, -0.25) is 9.69 Å². The monoisotopic (exact) mass is 470 g/mol. The molecule has 174 valence electrons. The zero-order valence-electron chi connectivity index (χ0n) is 18.3. The summed E-state index contributed by atoms with van der Waals surface area (Å²) < 4.78 is 43.3. The fraction of sp³-hybridized carbons (Fsp3) is 0.292. The molecule has 0 saturated carbocycles. The van der Waals surface area contributed by atoms with Crippen LogP contribution in [0.5, 0.6) is 5.75 Å². The molecule has 4 rings (SSSR count). The van der Waals surface area contributed by atoms with Gasteiger partial charge >= 0.3 is 0 Å². The van der Waals surface area contributed by atoms with E-state index in [-0.39, 0.29) is 36.0 Å². The summed E-state index contributed by atoms with van der Waals surface area (Å²) in [7, 11) is -2.33. The SMILES string of the molecule is COCCN(COc1coc(CN2Cc3ccccc3C2)cc1=O)S(=O)(=O)c1ccccc1. The lowest BCUT2D eigenvalue weighted by Gasteiger charge is -2.22. The molecule has 8 nitrogen and oxygen atoms in total. The van der Waals surface area contributed by atoms with Crippen molar-refractivity contribution in [2.45, 2.75) is 24.5 Å². The number of benzene rings is 2. The van der Waals surface area contributed by atoms with Crippen LogP contribution in [0.3, 0.4) is 0 Å². The van der Waals surface area contributed by atoms with Crippen LogP contribution in [0, 0.1) is 0 Å². The minimum Gasteiger partial charge on any atom is -0.470 e. The van der Waals surface area contributed by atoms with Crippen LogP contribution in [0.25, 0.3) is 0 Å². The Labute approximate surface area is 193 Å². The number of methoxy groups -OCH3 is 1. The van der Waals surface area contributed by atoms with Crippen LogP contribution in [0.2, 0.25) is 0 Å². The summed E-state index contributed by atoms with van der Waals surface area (Å²) in [6.07, 6.45) is 1.24. The molecule has 0 spiro atoms. The van der Waals surface area contributed by atoms with Gasteiger partial charge in [0.15, 0.2) is 6.73 Å². The molecule has 1 aliphatic rings. The van der Waals surface area contributed by atoms with Gasteiger partial charge in [0, 0.05) is 32.8 Å². The second-order valence-corrected chi connectivity index (χ2v) is 9.69. The highest BCUT2D eigenvalue weighted by Crippen LogP contribution is 2.24. The molecule has 0 aliphatic carbocycles. The van der Waals surface area contributed by atoms with Crippen LogP contribution in [0.4, 0.5) is 0 Å². The number of ether oxygens (including phenoxy) is 2. The number of nitrogens with zero attached hydrogens (tertiary/aromatic N) is 2. The van der Waals surface area contributed by atoms with Crippen LogP contribution in [0.15, 0.2) is 81.0 Å². The summed E-state index contributed by atoms with van der Waals surface area (Å²) >= 11 is 0. The zero-order valence-corrected chi connectivity index (χ0v) is 19.2. The Morgan fingerprint density at radius 3 is 2.33 bits per heavy atom. The van der Waals surface area contributed by atoms with Gasteiger partial charge in [-0.2, -0.15) is 4.31 Å². The molecule has 2 aromatic carbocycles. The van der Waals surface area contributed by atoms with Crippen molar-refractivity contribution in [3.63, 3.8) is 0 Å². The van der Waals surface area contributed by atoms with E-state index in [1.807, 2.05) is 12.1 Å². The lowest BCUT2D eigenvalue weighted by atomic mass is 10.1. The Hall–Kier alpha value is -2.98. The highest BCUT2D eigenvalue weighted by molar-refractivity contribution is 7.89. The van der Waals surface area contributed by atoms with E-state index in [9.17, 15) is 13.2 Å². The van der Waals surface area contributed by atoms with E-state index in [4.69, 9.17) is 13.9 Å². The van der Waals surface area contributed by atoms with E-state index < -0.39 is 10.0 Å². The number of hydrogen-bond acceptors (Lipinski definition) is 7. The van der Waals surface area contributed by atoms with Gasteiger partial charge < -0.3 is 13.9 Å². The zero-order chi connectivity index (χ0) is 23.3. The molecule has 1 aliphatic heterocycles. The molecular formula is C24H26N2O6S. The van der Waals surface area contributed by atoms with Crippen molar-refractivity contribution < 1.29 is 22.3 Å². The van der Waals surface area contributed by atoms with Gasteiger partial charge in [-0.05, 0) is 23.3 Å². The summed E-state index contributed by atoms with van der Waals surface area (Å²) in [6, 6.07) is 17.7. The third-order valence-corrected chi connectivity index (χ3v) is 7.26. The molecular weight excluding hydrogens is 444 g/mol. The summed E-state index contributed by atoms with van der Waals surface area (Å²) in [5.41, 5.74) is 2.18. The van der Waals surface area contributed by atoms with Crippen molar-refractivity contribution in [1.82, 2.24) is 9.21 Å². The van der Waals surface area contributed by atoms with Crippen LogP contribution in [0.1, 0.15) is 16.9 Å².